The van der Waals surface area contributed by atoms with E-state index in [0.717, 1.165) is 128 Å². The number of ether oxygens (including phenoxy) is 3. The molecule has 0 radical (unpaired) electrons. The molecule has 0 aliphatic carbocycles. The van der Waals surface area contributed by atoms with Gasteiger partial charge in [-0.05, 0) is 116 Å². The van der Waals surface area contributed by atoms with Crippen LogP contribution >= 0.6 is 0 Å². The minimum Gasteiger partial charge on any atom is -0.462 e. The number of carbonyl (C=O) groups is 3. The molecule has 82 heavy (non-hydrogen) atoms. The highest BCUT2D eigenvalue weighted by Crippen LogP contribution is 2.17. The van der Waals surface area contributed by atoms with Crippen molar-refractivity contribution in [3.8, 4) is 0 Å². The smallest absolute Gasteiger partial charge is 0.306 e. The summed E-state index contributed by atoms with van der Waals surface area (Å²) in [5.74, 6) is -0.913. The van der Waals surface area contributed by atoms with Crippen LogP contribution < -0.4 is 0 Å². The topological polar surface area (TPSA) is 78.9 Å². The van der Waals surface area contributed by atoms with E-state index in [0.29, 0.717) is 19.3 Å². The van der Waals surface area contributed by atoms with Gasteiger partial charge in [-0.25, -0.2) is 0 Å². The van der Waals surface area contributed by atoms with Gasteiger partial charge in [-0.2, -0.15) is 0 Å². The fourth-order valence-electron chi connectivity index (χ4n) is 10.0. The third kappa shape index (κ3) is 67.1. The summed E-state index contributed by atoms with van der Waals surface area (Å²) in [6, 6.07) is 0. The molecule has 0 aromatic heterocycles. The number of esters is 3. The molecule has 0 aliphatic rings. The lowest BCUT2D eigenvalue weighted by Crippen LogP contribution is -2.30. The first-order valence-electron chi connectivity index (χ1n) is 35.2. The Bertz CT molecular complexity index is 1590. The van der Waals surface area contributed by atoms with Crippen LogP contribution in [-0.4, -0.2) is 37.2 Å². The normalized spacial score (nSPS) is 12.7. The van der Waals surface area contributed by atoms with E-state index in [4.69, 9.17) is 14.2 Å². The summed E-state index contributed by atoms with van der Waals surface area (Å²) in [7, 11) is 0. The largest absolute Gasteiger partial charge is 0.462 e. The molecule has 0 heterocycles. The summed E-state index contributed by atoms with van der Waals surface area (Å²) in [5.41, 5.74) is 0. The predicted octanol–water partition coefficient (Wildman–Crippen LogP) is 24.4. The highest BCUT2D eigenvalue weighted by Gasteiger charge is 2.19. The van der Waals surface area contributed by atoms with Crippen LogP contribution in [0.15, 0.2) is 97.2 Å². The molecule has 1 unspecified atom stereocenters. The molecule has 0 saturated heterocycles. The van der Waals surface area contributed by atoms with Crippen molar-refractivity contribution in [3.05, 3.63) is 97.2 Å². The van der Waals surface area contributed by atoms with Gasteiger partial charge in [-0.15, -0.1) is 0 Å². The van der Waals surface area contributed by atoms with Crippen molar-refractivity contribution in [1.29, 1.82) is 0 Å². The quantitative estimate of drug-likeness (QED) is 0.0261. The Kier molecular flexibility index (Phi) is 66.7. The van der Waals surface area contributed by atoms with E-state index < -0.39 is 6.10 Å². The molecule has 472 valence electrons. The Labute approximate surface area is 508 Å². The van der Waals surface area contributed by atoms with Gasteiger partial charge in [-0.1, -0.05) is 311 Å². The standard InChI is InChI=1S/C76H132O6/c1-4-7-10-13-16-19-22-24-26-28-30-32-34-35-36-37-38-39-40-41-43-44-46-48-50-52-54-57-60-63-66-69-75(78)81-72-73(71-80-74(77)68-65-62-59-56-21-18-15-12-9-6-3)82-76(79)70-67-64-61-58-55-53-51-49-47-45-42-33-31-29-27-25-23-20-17-14-11-8-5-2/h8,11-12,15,17,20,25,27-28,30-31,33,45,47,51,53,73H,4-7,9-10,13-14,16,18-19,21-24,26,29,32,34-44,46,48-50,52,54-72H2,1-3H3/b11-8-,15-12-,20-17-,27-25-,30-28-,33-31-,47-45-,53-51-. The van der Waals surface area contributed by atoms with Gasteiger partial charge in [0.05, 0.1) is 0 Å². The van der Waals surface area contributed by atoms with Crippen LogP contribution in [-0.2, 0) is 28.6 Å². The van der Waals surface area contributed by atoms with Crippen LogP contribution in [0.1, 0.15) is 348 Å². The number of rotatable bonds is 64. The molecule has 6 heteroatoms. The average Bonchev–Trinajstić information content (AvgIpc) is 3.47. The van der Waals surface area contributed by atoms with Gasteiger partial charge in [0.1, 0.15) is 13.2 Å². The van der Waals surface area contributed by atoms with Gasteiger partial charge < -0.3 is 14.2 Å². The van der Waals surface area contributed by atoms with Gasteiger partial charge in [0.2, 0.25) is 0 Å². The van der Waals surface area contributed by atoms with Crippen LogP contribution in [0.25, 0.3) is 0 Å². The van der Waals surface area contributed by atoms with Crippen molar-refractivity contribution in [2.24, 2.45) is 0 Å². The second-order valence-corrected chi connectivity index (χ2v) is 23.4. The monoisotopic (exact) mass is 1140 g/mol. The van der Waals surface area contributed by atoms with E-state index in [1.54, 1.807) is 0 Å². The Balaban J connectivity index is 4.18. The van der Waals surface area contributed by atoms with Gasteiger partial charge in [-0.3, -0.25) is 14.4 Å². The van der Waals surface area contributed by atoms with E-state index in [-0.39, 0.29) is 31.1 Å². The molecule has 6 nitrogen and oxygen atoms in total. The van der Waals surface area contributed by atoms with Gasteiger partial charge in [0, 0.05) is 19.3 Å². The van der Waals surface area contributed by atoms with Crippen molar-refractivity contribution in [3.63, 3.8) is 0 Å². The maximum Gasteiger partial charge on any atom is 0.306 e. The summed E-state index contributed by atoms with van der Waals surface area (Å²) in [4.78, 5) is 38.3. The molecule has 0 aliphatic heterocycles. The first-order chi connectivity index (χ1) is 40.5. The first-order valence-corrected chi connectivity index (χ1v) is 35.2. The Morgan fingerprint density at radius 2 is 0.500 bits per heavy atom. The van der Waals surface area contributed by atoms with E-state index in [1.165, 1.54) is 180 Å². The third-order valence-corrected chi connectivity index (χ3v) is 15.3. The van der Waals surface area contributed by atoms with Gasteiger partial charge >= 0.3 is 17.9 Å². The predicted molar refractivity (Wildman–Crippen MR) is 357 cm³/mol. The van der Waals surface area contributed by atoms with Crippen LogP contribution in [0.5, 0.6) is 0 Å². The molecule has 0 N–H and O–H groups in total. The summed E-state index contributed by atoms with van der Waals surface area (Å²) in [6.07, 6.45) is 94.6. The second-order valence-electron chi connectivity index (χ2n) is 23.4. The zero-order valence-electron chi connectivity index (χ0n) is 54.2. The number of hydrogen-bond acceptors (Lipinski definition) is 6. The zero-order chi connectivity index (χ0) is 59.2. The minimum atomic E-state index is -0.795. The number of carbonyl (C=O) groups excluding carboxylic acids is 3. The molecule has 0 rings (SSSR count). The molecule has 1 atom stereocenters. The fourth-order valence-corrected chi connectivity index (χ4v) is 10.0. The molecular weight excluding hydrogens is 1010 g/mol. The molecule has 0 aromatic rings. The molecular formula is C76H132O6. The van der Waals surface area contributed by atoms with E-state index in [2.05, 4.69) is 118 Å². The van der Waals surface area contributed by atoms with E-state index in [1.807, 2.05) is 0 Å². The lowest BCUT2D eigenvalue weighted by Gasteiger charge is -2.18. The fraction of sp³-hybridized carbons (Fsp3) is 0.750. The average molecular weight is 1140 g/mol. The van der Waals surface area contributed by atoms with Crippen LogP contribution in [0, 0.1) is 0 Å². The SMILES string of the molecule is CC/C=C\C/C=C\C/C=C\C/C=C\C/C=C\C/C=C\CCCCCCC(=O)OC(COC(=O)CCCCCCC/C=C\CCC)COC(=O)CCCCCCCCCCCCCCCCCCCCC/C=C\CCCCCCCCCC. The van der Waals surface area contributed by atoms with Crippen molar-refractivity contribution in [1.82, 2.24) is 0 Å². The van der Waals surface area contributed by atoms with Crippen molar-refractivity contribution in [2.45, 2.75) is 354 Å². The van der Waals surface area contributed by atoms with Crippen molar-refractivity contribution in [2.75, 3.05) is 13.2 Å². The summed E-state index contributed by atoms with van der Waals surface area (Å²) in [5, 5.41) is 0. The Morgan fingerprint density at radius 3 is 0.805 bits per heavy atom. The van der Waals surface area contributed by atoms with Crippen molar-refractivity contribution >= 4 is 17.9 Å². The maximum absolute atomic E-state index is 12.9. The number of unbranched alkanes of at least 4 members (excludes halogenated alkanes) is 37. The summed E-state index contributed by atoms with van der Waals surface area (Å²) >= 11 is 0. The maximum atomic E-state index is 12.9. The van der Waals surface area contributed by atoms with E-state index >= 15 is 0 Å². The molecule has 0 fully saturated rings. The third-order valence-electron chi connectivity index (χ3n) is 15.3. The first kappa shape index (κ1) is 78.3. The number of allylic oxidation sites excluding steroid dienone is 16. The molecule has 0 saturated carbocycles. The summed E-state index contributed by atoms with van der Waals surface area (Å²) < 4.78 is 16.9. The molecule has 0 aromatic carbocycles. The Morgan fingerprint density at radius 1 is 0.256 bits per heavy atom. The van der Waals surface area contributed by atoms with E-state index in [9.17, 15) is 14.4 Å². The summed E-state index contributed by atoms with van der Waals surface area (Å²) in [6.45, 7) is 6.47. The molecule has 0 bridgehead atoms. The van der Waals surface area contributed by atoms with Crippen LogP contribution in [0.2, 0.25) is 0 Å². The molecule has 0 spiro atoms. The zero-order valence-corrected chi connectivity index (χ0v) is 54.2. The second kappa shape index (κ2) is 69.8. The van der Waals surface area contributed by atoms with Crippen LogP contribution in [0.4, 0.5) is 0 Å². The Hall–Kier alpha value is -3.67. The van der Waals surface area contributed by atoms with Crippen molar-refractivity contribution < 1.29 is 28.6 Å². The highest BCUT2D eigenvalue weighted by molar-refractivity contribution is 5.71. The van der Waals surface area contributed by atoms with Gasteiger partial charge in [0.25, 0.3) is 0 Å². The number of hydrogen-bond donors (Lipinski definition) is 0. The lowest BCUT2D eigenvalue weighted by atomic mass is 10.0. The molecule has 0 amide bonds. The highest BCUT2D eigenvalue weighted by atomic mass is 16.6. The lowest BCUT2D eigenvalue weighted by molar-refractivity contribution is -0.167. The van der Waals surface area contributed by atoms with Gasteiger partial charge in [0.15, 0.2) is 6.10 Å². The minimum absolute atomic E-state index is 0.0887. The van der Waals surface area contributed by atoms with Crippen LogP contribution in [0.3, 0.4) is 0 Å².